The second-order valence-electron chi connectivity index (χ2n) is 4.50. The van der Waals surface area contributed by atoms with Gasteiger partial charge in [0, 0.05) is 10.7 Å². The van der Waals surface area contributed by atoms with Crippen molar-refractivity contribution in [3.8, 4) is 0 Å². The highest BCUT2D eigenvalue weighted by molar-refractivity contribution is 7.91. The van der Waals surface area contributed by atoms with Crippen molar-refractivity contribution >= 4 is 33.0 Å². The summed E-state index contributed by atoms with van der Waals surface area (Å²) in [6.45, 7) is 1.81. The molecule has 1 aliphatic rings. The van der Waals surface area contributed by atoms with Crippen molar-refractivity contribution in [2.24, 2.45) is 5.92 Å². The summed E-state index contributed by atoms with van der Waals surface area (Å²) in [6, 6.07) is 5.24. The Bertz CT molecular complexity index is 583. The second kappa shape index (κ2) is 4.90. The zero-order chi connectivity index (χ0) is 13.3. The lowest BCUT2D eigenvalue weighted by molar-refractivity contribution is -0.119. The van der Waals surface area contributed by atoms with Gasteiger partial charge in [-0.1, -0.05) is 17.7 Å². The van der Waals surface area contributed by atoms with E-state index < -0.39 is 15.8 Å². The normalized spacial score (nSPS) is 21.8. The number of amides is 1. The van der Waals surface area contributed by atoms with Crippen LogP contribution >= 0.6 is 11.6 Å². The van der Waals surface area contributed by atoms with Gasteiger partial charge >= 0.3 is 0 Å². The lowest BCUT2D eigenvalue weighted by atomic mass is 10.1. The molecule has 1 N–H and O–H groups in total. The molecule has 0 aromatic heterocycles. The van der Waals surface area contributed by atoms with Crippen LogP contribution < -0.4 is 5.32 Å². The molecular weight excluding hydrogens is 274 g/mol. The first-order valence-electron chi connectivity index (χ1n) is 5.65. The molecule has 1 amide bonds. The van der Waals surface area contributed by atoms with Crippen molar-refractivity contribution in [1.82, 2.24) is 0 Å². The highest BCUT2D eigenvalue weighted by atomic mass is 35.5. The van der Waals surface area contributed by atoms with Gasteiger partial charge in [0.1, 0.15) is 0 Å². The smallest absolute Gasteiger partial charge is 0.228 e. The zero-order valence-corrected chi connectivity index (χ0v) is 11.5. The quantitative estimate of drug-likeness (QED) is 0.905. The molecule has 1 atom stereocenters. The standard InChI is InChI=1S/C12H14ClNO3S/c1-8-10(13)3-2-4-11(8)14-12(15)9-5-6-18(16,17)7-9/h2-4,9H,5-7H2,1H3,(H,14,15)/t9-/m1/s1. The van der Waals surface area contributed by atoms with E-state index in [1.54, 1.807) is 18.2 Å². The lowest BCUT2D eigenvalue weighted by Gasteiger charge is -2.12. The average Bonchev–Trinajstić information content (AvgIpc) is 2.65. The van der Waals surface area contributed by atoms with Crippen LogP contribution in [0, 0.1) is 12.8 Å². The molecule has 0 spiro atoms. The van der Waals surface area contributed by atoms with Gasteiger partial charge in [-0.05, 0) is 31.0 Å². The van der Waals surface area contributed by atoms with Crippen LogP contribution in [0.25, 0.3) is 0 Å². The van der Waals surface area contributed by atoms with Crippen LogP contribution in [0.2, 0.25) is 5.02 Å². The minimum absolute atomic E-state index is 0.0571. The topological polar surface area (TPSA) is 63.2 Å². The van der Waals surface area contributed by atoms with Gasteiger partial charge in [0.15, 0.2) is 9.84 Å². The first kappa shape index (κ1) is 13.4. The fourth-order valence-corrected chi connectivity index (χ4v) is 3.90. The Kier molecular flexibility index (Phi) is 3.64. The van der Waals surface area contributed by atoms with Crippen molar-refractivity contribution < 1.29 is 13.2 Å². The summed E-state index contributed by atoms with van der Waals surface area (Å²) in [5.41, 5.74) is 1.42. The molecule has 98 valence electrons. The molecule has 6 heteroatoms. The molecule has 1 aliphatic heterocycles. The molecule has 18 heavy (non-hydrogen) atoms. The fraction of sp³-hybridized carbons (Fsp3) is 0.417. The van der Waals surface area contributed by atoms with Gasteiger partial charge < -0.3 is 5.32 Å². The predicted octanol–water partition coefficient (Wildman–Crippen LogP) is 2.02. The molecule has 0 unspecified atom stereocenters. The lowest BCUT2D eigenvalue weighted by Crippen LogP contribution is -2.24. The van der Waals surface area contributed by atoms with E-state index in [0.717, 1.165) is 5.56 Å². The van der Waals surface area contributed by atoms with Crippen LogP contribution in [-0.4, -0.2) is 25.8 Å². The molecule has 0 bridgehead atoms. The summed E-state index contributed by atoms with van der Waals surface area (Å²) < 4.78 is 22.6. The number of carbonyl (C=O) groups is 1. The summed E-state index contributed by atoms with van der Waals surface area (Å²) in [5, 5.41) is 3.32. The van der Waals surface area contributed by atoms with Crippen LogP contribution in [0.15, 0.2) is 18.2 Å². The number of rotatable bonds is 2. The van der Waals surface area contributed by atoms with Gasteiger partial charge in [-0.3, -0.25) is 4.79 Å². The third-order valence-corrected chi connectivity index (χ3v) is 5.31. The molecule has 0 aliphatic carbocycles. The Hall–Kier alpha value is -1.07. The van der Waals surface area contributed by atoms with E-state index in [2.05, 4.69) is 5.32 Å². The molecule has 1 aromatic carbocycles. The van der Waals surface area contributed by atoms with Gasteiger partial charge in [0.25, 0.3) is 0 Å². The number of halogens is 1. The maximum Gasteiger partial charge on any atom is 0.228 e. The molecular formula is C12H14ClNO3S. The maximum absolute atomic E-state index is 11.9. The Balaban J connectivity index is 2.11. The summed E-state index contributed by atoms with van der Waals surface area (Å²) in [5.74, 6) is -0.659. The van der Waals surface area contributed by atoms with Gasteiger partial charge in [-0.15, -0.1) is 0 Å². The SMILES string of the molecule is Cc1c(Cl)cccc1NC(=O)[C@@H]1CCS(=O)(=O)C1. The van der Waals surface area contributed by atoms with E-state index in [0.29, 0.717) is 17.1 Å². The van der Waals surface area contributed by atoms with E-state index in [4.69, 9.17) is 11.6 Å². The second-order valence-corrected chi connectivity index (χ2v) is 7.14. The van der Waals surface area contributed by atoms with E-state index in [-0.39, 0.29) is 17.4 Å². The molecule has 0 radical (unpaired) electrons. The van der Waals surface area contributed by atoms with Crippen molar-refractivity contribution in [2.75, 3.05) is 16.8 Å². The highest BCUT2D eigenvalue weighted by Gasteiger charge is 2.33. The maximum atomic E-state index is 11.9. The molecule has 2 rings (SSSR count). The monoisotopic (exact) mass is 287 g/mol. The van der Waals surface area contributed by atoms with Gasteiger partial charge in [-0.2, -0.15) is 0 Å². The van der Waals surface area contributed by atoms with Crippen LogP contribution in [0.3, 0.4) is 0 Å². The minimum Gasteiger partial charge on any atom is -0.326 e. The first-order valence-corrected chi connectivity index (χ1v) is 7.85. The highest BCUT2D eigenvalue weighted by Crippen LogP contribution is 2.25. The minimum atomic E-state index is -3.04. The number of carbonyl (C=O) groups excluding carboxylic acids is 1. The molecule has 1 fully saturated rings. The Morgan fingerprint density at radius 2 is 2.17 bits per heavy atom. The molecule has 1 aromatic rings. The Labute approximate surface area is 111 Å². The summed E-state index contributed by atoms with van der Waals surface area (Å²) in [4.78, 5) is 11.9. The van der Waals surface area contributed by atoms with Crippen LogP contribution in [-0.2, 0) is 14.6 Å². The molecule has 0 saturated carbocycles. The van der Waals surface area contributed by atoms with Crippen LogP contribution in [0.4, 0.5) is 5.69 Å². The molecule has 1 saturated heterocycles. The number of hydrogen-bond acceptors (Lipinski definition) is 3. The Morgan fingerprint density at radius 3 is 2.78 bits per heavy atom. The summed E-state index contributed by atoms with van der Waals surface area (Å²) >= 11 is 5.96. The van der Waals surface area contributed by atoms with E-state index >= 15 is 0 Å². The average molecular weight is 288 g/mol. The van der Waals surface area contributed by atoms with Crippen LogP contribution in [0.1, 0.15) is 12.0 Å². The van der Waals surface area contributed by atoms with E-state index in [1.807, 2.05) is 6.92 Å². The van der Waals surface area contributed by atoms with E-state index in [9.17, 15) is 13.2 Å². The number of hydrogen-bond donors (Lipinski definition) is 1. The van der Waals surface area contributed by atoms with Crippen molar-refractivity contribution in [1.29, 1.82) is 0 Å². The third kappa shape index (κ3) is 2.84. The number of anilines is 1. The zero-order valence-electron chi connectivity index (χ0n) is 9.94. The van der Waals surface area contributed by atoms with Crippen molar-refractivity contribution in [3.63, 3.8) is 0 Å². The first-order chi connectivity index (χ1) is 8.39. The van der Waals surface area contributed by atoms with Crippen molar-refractivity contribution in [3.05, 3.63) is 28.8 Å². The van der Waals surface area contributed by atoms with E-state index in [1.165, 1.54) is 0 Å². The summed E-state index contributed by atoms with van der Waals surface area (Å²) in [7, 11) is -3.04. The predicted molar refractivity (Wildman–Crippen MR) is 71.6 cm³/mol. The molecule has 4 nitrogen and oxygen atoms in total. The number of benzene rings is 1. The fourth-order valence-electron chi connectivity index (χ4n) is 1.98. The third-order valence-electron chi connectivity index (χ3n) is 3.13. The van der Waals surface area contributed by atoms with Crippen molar-refractivity contribution in [2.45, 2.75) is 13.3 Å². The number of sulfone groups is 1. The van der Waals surface area contributed by atoms with Crippen LogP contribution in [0.5, 0.6) is 0 Å². The van der Waals surface area contributed by atoms with Gasteiger partial charge in [-0.25, -0.2) is 8.42 Å². The van der Waals surface area contributed by atoms with Gasteiger partial charge in [0.05, 0.1) is 17.4 Å². The summed E-state index contributed by atoms with van der Waals surface area (Å²) in [6.07, 6.45) is 0.397. The molecule has 1 heterocycles. The largest absolute Gasteiger partial charge is 0.326 e. The Morgan fingerprint density at radius 1 is 1.44 bits per heavy atom. The van der Waals surface area contributed by atoms with Gasteiger partial charge in [0.2, 0.25) is 5.91 Å². The number of nitrogens with one attached hydrogen (secondary N) is 1.